The lowest BCUT2D eigenvalue weighted by Gasteiger charge is -2.38. The fourth-order valence-electron chi connectivity index (χ4n) is 3.31. The maximum absolute atomic E-state index is 12.4. The molecule has 3 rings (SSSR count). The zero-order valence-corrected chi connectivity index (χ0v) is 12.7. The van der Waals surface area contributed by atoms with Gasteiger partial charge in [-0.1, -0.05) is 6.92 Å². The van der Waals surface area contributed by atoms with Crippen molar-refractivity contribution in [2.24, 2.45) is 5.92 Å². The summed E-state index contributed by atoms with van der Waals surface area (Å²) in [5.74, 6) is 1.20. The van der Waals surface area contributed by atoms with E-state index in [1.807, 2.05) is 6.92 Å². The summed E-state index contributed by atoms with van der Waals surface area (Å²) in [6.45, 7) is 5.97. The summed E-state index contributed by atoms with van der Waals surface area (Å²) in [5, 5.41) is 11.5. The molecule has 7 nitrogen and oxygen atoms in total. The first-order valence-electron chi connectivity index (χ1n) is 7.62. The highest BCUT2D eigenvalue weighted by Gasteiger charge is 2.52. The van der Waals surface area contributed by atoms with E-state index in [2.05, 4.69) is 25.0 Å². The minimum atomic E-state index is -0.578. The third-order valence-electron chi connectivity index (χ3n) is 4.51. The van der Waals surface area contributed by atoms with Crippen molar-refractivity contribution in [3.05, 3.63) is 12.2 Å². The summed E-state index contributed by atoms with van der Waals surface area (Å²) in [6.07, 6.45) is 3.95. The number of carbonyl (C=O) groups excluding carboxylic acids is 1. The molecule has 116 valence electrons. The third kappa shape index (κ3) is 2.67. The van der Waals surface area contributed by atoms with Gasteiger partial charge in [0, 0.05) is 19.6 Å². The fraction of sp³-hybridized carbons (Fsp3) is 0.786. The molecule has 1 unspecified atom stereocenters. The Morgan fingerprint density at radius 1 is 1.52 bits per heavy atom. The summed E-state index contributed by atoms with van der Waals surface area (Å²) in [5.41, 5.74) is -0.578. The number of esters is 1. The van der Waals surface area contributed by atoms with E-state index in [1.54, 1.807) is 6.33 Å². The van der Waals surface area contributed by atoms with Crippen molar-refractivity contribution in [1.29, 1.82) is 0 Å². The molecule has 1 fully saturated rings. The largest absolute Gasteiger partial charge is 0.468 e. The second kappa shape index (κ2) is 5.73. The minimum Gasteiger partial charge on any atom is -0.468 e. The van der Waals surface area contributed by atoms with Crippen LogP contribution in [0, 0.1) is 5.92 Å². The second-order valence-corrected chi connectivity index (χ2v) is 5.92. The van der Waals surface area contributed by atoms with Gasteiger partial charge in [0.2, 0.25) is 0 Å². The van der Waals surface area contributed by atoms with Gasteiger partial charge in [0.15, 0.2) is 0 Å². The summed E-state index contributed by atoms with van der Waals surface area (Å²) < 4.78 is 7.17. The van der Waals surface area contributed by atoms with Gasteiger partial charge in [-0.3, -0.25) is 4.90 Å². The molecule has 1 aliphatic carbocycles. The number of methoxy groups -OCH3 is 1. The van der Waals surface area contributed by atoms with Gasteiger partial charge >= 0.3 is 5.97 Å². The highest BCUT2D eigenvalue weighted by Crippen LogP contribution is 2.41. The van der Waals surface area contributed by atoms with Crippen molar-refractivity contribution >= 4 is 5.97 Å². The lowest BCUT2D eigenvalue weighted by molar-refractivity contribution is -0.151. The fourth-order valence-corrected chi connectivity index (χ4v) is 3.31. The Bertz CT molecular complexity index is 513. The maximum atomic E-state index is 12.4. The lowest BCUT2D eigenvalue weighted by Crippen LogP contribution is -2.61. The lowest BCUT2D eigenvalue weighted by atomic mass is 9.91. The molecular formula is C14H23N5O2. The molecule has 0 spiro atoms. The Morgan fingerprint density at radius 3 is 3.00 bits per heavy atom. The van der Waals surface area contributed by atoms with Crippen molar-refractivity contribution in [3.63, 3.8) is 0 Å². The molecule has 0 amide bonds. The first-order chi connectivity index (χ1) is 10.2. The molecule has 2 heterocycles. The molecule has 21 heavy (non-hydrogen) atoms. The van der Waals surface area contributed by atoms with Crippen LogP contribution in [-0.2, 0) is 22.6 Å². The zero-order chi connectivity index (χ0) is 14.9. The average Bonchev–Trinajstić information content (AvgIpc) is 3.25. The molecule has 1 aromatic heterocycles. The van der Waals surface area contributed by atoms with Gasteiger partial charge < -0.3 is 14.6 Å². The Balaban J connectivity index is 1.77. The van der Waals surface area contributed by atoms with Crippen molar-refractivity contribution in [3.8, 4) is 0 Å². The van der Waals surface area contributed by atoms with Crippen LogP contribution in [0.1, 0.15) is 25.6 Å². The number of aromatic nitrogens is 3. The highest BCUT2D eigenvalue weighted by molar-refractivity contribution is 5.82. The van der Waals surface area contributed by atoms with E-state index < -0.39 is 5.54 Å². The number of nitrogens with zero attached hydrogens (tertiary/aromatic N) is 4. The predicted octanol–water partition coefficient (Wildman–Crippen LogP) is 0.0250. The Kier molecular flexibility index (Phi) is 3.95. The molecule has 1 aromatic rings. The van der Waals surface area contributed by atoms with Gasteiger partial charge in [0.25, 0.3) is 0 Å². The van der Waals surface area contributed by atoms with Crippen molar-refractivity contribution in [2.75, 3.05) is 26.7 Å². The Morgan fingerprint density at radius 2 is 2.33 bits per heavy atom. The number of carbonyl (C=O) groups is 1. The smallest absolute Gasteiger partial charge is 0.327 e. The number of hydrogen-bond acceptors (Lipinski definition) is 6. The number of hydrogen-bond donors (Lipinski definition) is 1. The van der Waals surface area contributed by atoms with Crippen molar-refractivity contribution < 1.29 is 9.53 Å². The number of nitrogens with one attached hydrogen (secondary N) is 1. The third-order valence-corrected chi connectivity index (χ3v) is 4.51. The van der Waals surface area contributed by atoms with E-state index in [-0.39, 0.29) is 5.97 Å². The average molecular weight is 293 g/mol. The molecule has 1 atom stereocenters. The van der Waals surface area contributed by atoms with Crippen LogP contribution in [0.2, 0.25) is 0 Å². The van der Waals surface area contributed by atoms with Crippen molar-refractivity contribution in [2.45, 2.75) is 38.4 Å². The van der Waals surface area contributed by atoms with Gasteiger partial charge in [0.05, 0.1) is 13.7 Å². The monoisotopic (exact) mass is 293 g/mol. The van der Waals surface area contributed by atoms with Gasteiger partial charge in [-0.25, -0.2) is 4.79 Å². The van der Waals surface area contributed by atoms with E-state index >= 15 is 0 Å². The molecule has 1 aliphatic heterocycles. The van der Waals surface area contributed by atoms with Crippen LogP contribution in [-0.4, -0.2) is 57.9 Å². The van der Waals surface area contributed by atoms with Crippen LogP contribution in [0.15, 0.2) is 6.33 Å². The van der Waals surface area contributed by atoms with Gasteiger partial charge in [-0.15, -0.1) is 10.2 Å². The molecular weight excluding hydrogens is 270 g/mol. The molecule has 0 saturated heterocycles. The zero-order valence-electron chi connectivity index (χ0n) is 12.7. The van der Waals surface area contributed by atoms with Crippen molar-refractivity contribution in [1.82, 2.24) is 25.0 Å². The van der Waals surface area contributed by atoms with E-state index in [0.717, 1.165) is 44.8 Å². The number of rotatable bonds is 6. The summed E-state index contributed by atoms with van der Waals surface area (Å²) >= 11 is 0. The standard InChI is InChI=1S/C14H23N5O2/c1-3-15-14(11-4-5-11,13(20)21-2)9-18-6-7-19-10-16-17-12(19)8-18/h10-11,15H,3-9H2,1-2H3. The Labute approximate surface area is 124 Å². The first-order valence-corrected chi connectivity index (χ1v) is 7.62. The Hall–Kier alpha value is -1.47. The topological polar surface area (TPSA) is 72.3 Å². The molecule has 0 bridgehead atoms. The number of ether oxygens (including phenoxy) is 1. The van der Waals surface area contributed by atoms with Crippen LogP contribution >= 0.6 is 0 Å². The van der Waals surface area contributed by atoms with Crippen LogP contribution in [0.3, 0.4) is 0 Å². The van der Waals surface area contributed by atoms with Crippen LogP contribution in [0.5, 0.6) is 0 Å². The molecule has 2 aliphatic rings. The second-order valence-electron chi connectivity index (χ2n) is 5.92. The molecule has 1 saturated carbocycles. The van der Waals surface area contributed by atoms with E-state index in [0.29, 0.717) is 12.5 Å². The van der Waals surface area contributed by atoms with Gasteiger partial charge in [-0.05, 0) is 25.3 Å². The molecule has 0 aromatic carbocycles. The number of fused-ring (bicyclic) bond motifs is 1. The normalized spacial score (nSPS) is 21.6. The quantitative estimate of drug-likeness (QED) is 0.746. The summed E-state index contributed by atoms with van der Waals surface area (Å²) in [7, 11) is 1.48. The summed E-state index contributed by atoms with van der Waals surface area (Å²) in [6, 6.07) is 0. The highest BCUT2D eigenvalue weighted by atomic mass is 16.5. The van der Waals surface area contributed by atoms with Crippen LogP contribution in [0.25, 0.3) is 0 Å². The van der Waals surface area contributed by atoms with E-state index in [1.165, 1.54) is 7.11 Å². The molecule has 0 radical (unpaired) electrons. The SMILES string of the molecule is CCNC(CN1CCn2cnnc2C1)(C(=O)OC)C1CC1. The van der Waals surface area contributed by atoms with Gasteiger partial charge in [-0.2, -0.15) is 0 Å². The molecule has 1 N–H and O–H groups in total. The first kappa shape index (κ1) is 14.5. The van der Waals surface area contributed by atoms with Crippen LogP contribution in [0.4, 0.5) is 0 Å². The van der Waals surface area contributed by atoms with E-state index in [4.69, 9.17) is 4.74 Å². The van der Waals surface area contributed by atoms with Crippen LogP contribution < -0.4 is 5.32 Å². The number of likely N-dealkylation sites (N-methyl/N-ethyl adjacent to an activating group) is 1. The predicted molar refractivity (Wildman–Crippen MR) is 76.4 cm³/mol. The van der Waals surface area contributed by atoms with E-state index in [9.17, 15) is 4.79 Å². The minimum absolute atomic E-state index is 0.140. The summed E-state index contributed by atoms with van der Waals surface area (Å²) in [4.78, 5) is 14.7. The maximum Gasteiger partial charge on any atom is 0.327 e. The van der Waals surface area contributed by atoms with Gasteiger partial charge in [0.1, 0.15) is 17.7 Å². The molecule has 7 heteroatoms.